The van der Waals surface area contributed by atoms with Gasteiger partial charge in [-0.15, -0.1) is 0 Å². The van der Waals surface area contributed by atoms with Crippen LogP contribution < -0.4 is 27.1 Å². The molecular formula is C17H20ClN3O2. The molecule has 0 fully saturated rings. The molecule has 1 aromatic carbocycles. The van der Waals surface area contributed by atoms with E-state index in [0.29, 0.717) is 6.61 Å². The van der Waals surface area contributed by atoms with Crippen molar-refractivity contribution < 1.29 is 26.5 Å². The summed E-state index contributed by atoms with van der Waals surface area (Å²) in [6, 6.07) is 13.2. The third-order valence-corrected chi connectivity index (χ3v) is 2.86. The molecule has 1 amide bonds. The summed E-state index contributed by atoms with van der Waals surface area (Å²) in [4.78, 5) is 11.7. The Labute approximate surface area is 142 Å². The molecule has 5 nitrogen and oxygen atoms in total. The van der Waals surface area contributed by atoms with E-state index >= 15 is 0 Å². The molecule has 0 aliphatic rings. The first-order valence-corrected chi connectivity index (χ1v) is 7.27. The lowest BCUT2D eigenvalue weighted by molar-refractivity contribution is -0.684. The van der Waals surface area contributed by atoms with E-state index in [1.165, 1.54) is 0 Å². The van der Waals surface area contributed by atoms with Crippen molar-refractivity contribution in [3.63, 3.8) is 0 Å². The predicted molar refractivity (Wildman–Crippen MR) is 84.6 cm³/mol. The highest BCUT2D eigenvalue weighted by molar-refractivity contribution is 5.82. The number of carbonyl (C=O) groups excluding carboxylic acids is 1. The fraction of sp³-hybridized carbons (Fsp3) is 0.235. The SMILES string of the molecule is CCCOc1ccc(/C=N/NC(=O)C[n+]2ccccc2)cc1.[Cl-]. The van der Waals surface area contributed by atoms with Crippen molar-refractivity contribution in [1.82, 2.24) is 5.43 Å². The van der Waals surface area contributed by atoms with E-state index in [-0.39, 0.29) is 24.9 Å². The first-order chi connectivity index (χ1) is 10.8. The van der Waals surface area contributed by atoms with Gasteiger partial charge in [-0.05, 0) is 36.2 Å². The molecule has 0 atom stereocenters. The third kappa shape index (κ3) is 6.93. The third-order valence-electron chi connectivity index (χ3n) is 2.86. The normalized spacial score (nSPS) is 10.1. The van der Waals surface area contributed by atoms with Crippen molar-refractivity contribution in [2.75, 3.05) is 6.61 Å². The van der Waals surface area contributed by atoms with Crippen molar-refractivity contribution in [3.8, 4) is 5.75 Å². The Morgan fingerprint density at radius 1 is 1.22 bits per heavy atom. The standard InChI is InChI=1S/C17H19N3O2.ClH/c1-2-12-22-16-8-6-15(7-9-16)13-18-19-17(21)14-20-10-4-3-5-11-20;/h3-11,13H,2,12,14H2,1H3;1H/b18-13+;. The van der Waals surface area contributed by atoms with E-state index in [9.17, 15) is 4.79 Å². The van der Waals surface area contributed by atoms with Crippen LogP contribution >= 0.6 is 0 Å². The molecule has 0 saturated heterocycles. The predicted octanol–water partition coefficient (Wildman–Crippen LogP) is -1.08. The highest BCUT2D eigenvalue weighted by atomic mass is 35.5. The smallest absolute Gasteiger partial charge is 0.305 e. The summed E-state index contributed by atoms with van der Waals surface area (Å²) in [5.74, 6) is 0.666. The topological polar surface area (TPSA) is 54.6 Å². The lowest BCUT2D eigenvalue weighted by Crippen LogP contribution is -3.00. The molecule has 1 heterocycles. The van der Waals surface area contributed by atoms with E-state index in [1.54, 1.807) is 10.8 Å². The van der Waals surface area contributed by atoms with Gasteiger partial charge in [0.1, 0.15) is 5.75 Å². The van der Waals surface area contributed by atoms with Gasteiger partial charge in [-0.2, -0.15) is 9.67 Å². The summed E-state index contributed by atoms with van der Waals surface area (Å²) < 4.78 is 7.28. The molecule has 1 N–H and O–H groups in total. The molecule has 0 aliphatic heterocycles. The zero-order valence-corrected chi connectivity index (χ0v) is 13.7. The minimum absolute atomic E-state index is 0. The number of pyridine rings is 1. The average molecular weight is 334 g/mol. The van der Waals surface area contributed by atoms with E-state index in [2.05, 4.69) is 17.5 Å². The number of nitrogens with one attached hydrogen (secondary N) is 1. The molecular weight excluding hydrogens is 314 g/mol. The maximum atomic E-state index is 11.7. The molecule has 23 heavy (non-hydrogen) atoms. The van der Waals surface area contributed by atoms with Gasteiger partial charge in [-0.1, -0.05) is 13.0 Å². The Kier molecular flexibility index (Phi) is 8.39. The molecule has 1 aromatic heterocycles. The van der Waals surface area contributed by atoms with Crippen LogP contribution in [0.25, 0.3) is 0 Å². The molecule has 0 bridgehead atoms. The highest BCUT2D eigenvalue weighted by Crippen LogP contribution is 2.11. The lowest BCUT2D eigenvalue weighted by atomic mass is 10.2. The van der Waals surface area contributed by atoms with E-state index in [0.717, 1.165) is 17.7 Å². The van der Waals surface area contributed by atoms with E-state index in [1.807, 2.05) is 54.9 Å². The molecule has 0 unspecified atom stereocenters. The summed E-state index contributed by atoms with van der Waals surface area (Å²) in [6.07, 6.45) is 6.25. The molecule has 2 aromatic rings. The van der Waals surface area contributed by atoms with Gasteiger partial charge in [0, 0.05) is 12.1 Å². The van der Waals surface area contributed by atoms with Crippen molar-refractivity contribution in [2.45, 2.75) is 19.9 Å². The Balaban J connectivity index is 0.00000264. The first kappa shape index (κ1) is 18.6. The van der Waals surface area contributed by atoms with E-state index < -0.39 is 0 Å². The zero-order valence-electron chi connectivity index (χ0n) is 13.0. The number of nitrogens with zero attached hydrogens (tertiary/aromatic N) is 2. The number of hydrogen-bond donors (Lipinski definition) is 1. The summed E-state index contributed by atoms with van der Waals surface area (Å²) in [5.41, 5.74) is 3.41. The van der Waals surface area contributed by atoms with Crippen molar-refractivity contribution in [3.05, 3.63) is 60.4 Å². The van der Waals surface area contributed by atoms with Crippen LogP contribution in [0.3, 0.4) is 0 Å². The van der Waals surface area contributed by atoms with Crippen LogP contribution in [-0.4, -0.2) is 18.7 Å². The van der Waals surface area contributed by atoms with Gasteiger partial charge in [0.2, 0.25) is 6.54 Å². The number of hydrazone groups is 1. The van der Waals surface area contributed by atoms with Gasteiger partial charge in [0.25, 0.3) is 0 Å². The van der Waals surface area contributed by atoms with Crippen LogP contribution in [0.5, 0.6) is 5.75 Å². The second-order valence-corrected chi connectivity index (χ2v) is 4.76. The van der Waals surface area contributed by atoms with Crippen LogP contribution in [0.4, 0.5) is 0 Å². The highest BCUT2D eigenvalue weighted by Gasteiger charge is 2.06. The molecule has 0 saturated carbocycles. The summed E-state index contributed by atoms with van der Waals surface area (Å²) in [5, 5.41) is 3.95. The number of amides is 1. The lowest BCUT2D eigenvalue weighted by Gasteiger charge is -2.03. The van der Waals surface area contributed by atoms with Gasteiger partial charge in [-0.3, -0.25) is 4.79 Å². The number of halogens is 1. The number of rotatable bonds is 7. The minimum atomic E-state index is -0.171. The monoisotopic (exact) mass is 333 g/mol. The Bertz CT molecular complexity index is 615. The fourth-order valence-electron chi connectivity index (χ4n) is 1.79. The van der Waals surface area contributed by atoms with Gasteiger partial charge in [0.15, 0.2) is 12.4 Å². The van der Waals surface area contributed by atoms with Crippen LogP contribution in [0.15, 0.2) is 60.0 Å². The summed E-state index contributed by atoms with van der Waals surface area (Å²) in [7, 11) is 0. The van der Waals surface area contributed by atoms with Gasteiger partial charge in [-0.25, -0.2) is 5.43 Å². The number of hydrogen-bond acceptors (Lipinski definition) is 3. The summed E-state index contributed by atoms with van der Waals surface area (Å²) >= 11 is 0. The largest absolute Gasteiger partial charge is 1.00 e. The van der Waals surface area contributed by atoms with Crippen LogP contribution in [0, 0.1) is 0 Å². The molecule has 6 heteroatoms. The van der Waals surface area contributed by atoms with Crippen LogP contribution in [0.2, 0.25) is 0 Å². The average Bonchev–Trinajstić information content (AvgIpc) is 2.55. The Morgan fingerprint density at radius 2 is 1.91 bits per heavy atom. The molecule has 0 radical (unpaired) electrons. The summed E-state index contributed by atoms with van der Waals surface area (Å²) in [6.45, 7) is 3.01. The van der Waals surface area contributed by atoms with Gasteiger partial charge < -0.3 is 17.1 Å². The van der Waals surface area contributed by atoms with Gasteiger partial charge in [0.05, 0.1) is 12.8 Å². The van der Waals surface area contributed by atoms with Crippen molar-refractivity contribution in [2.24, 2.45) is 5.10 Å². The van der Waals surface area contributed by atoms with Crippen LogP contribution in [0.1, 0.15) is 18.9 Å². The fourth-order valence-corrected chi connectivity index (χ4v) is 1.79. The maximum Gasteiger partial charge on any atom is 0.305 e. The van der Waals surface area contributed by atoms with Crippen molar-refractivity contribution >= 4 is 12.1 Å². The van der Waals surface area contributed by atoms with Crippen LogP contribution in [-0.2, 0) is 11.3 Å². The first-order valence-electron chi connectivity index (χ1n) is 7.27. The zero-order chi connectivity index (χ0) is 15.6. The Hall–Kier alpha value is -2.40. The second kappa shape index (κ2) is 10.3. The number of ether oxygens (including phenoxy) is 1. The Morgan fingerprint density at radius 3 is 2.57 bits per heavy atom. The molecule has 0 spiro atoms. The molecule has 0 aliphatic carbocycles. The van der Waals surface area contributed by atoms with Crippen molar-refractivity contribution in [1.29, 1.82) is 0 Å². The quantitative estimate of drug-likeness (QED) is 0.398. The maximum absolute atomic E-state index is 11.7. The second-order valence-electron chi connectivity index (χ2n) is 4.76. The molecule has 122 valence electrons. The van der Waals surface area contributed by atoms with E-state index in [4.69, 9.17) is 4.74 Å². The number of carbonyl (C=O) groups is 1. The molecule has 2 rings (SSSR count). The minimum Gasteiger partial charge on any atom is -1.00 e. The number of benzene rings is 1. The van der Waals surface area contributed by atoms with Gasteiger partial charge >= 0.3 is 5.91 Å². The number of aromatic nitrogens is 1.